The lowest BCUT2D eigenvalue weighted by atomic mass is 10.1. The summed E-state index contributed by atoms with van der Waals surface area (Å²) in [7, 11) is 1.95. The van der Waals surface area contributed by atoms with Gasteiger partial charge in [-0.1, -0.05) is 0 Å². The summed E-state index contributed by atoms with van der Waals surface area (Å²) >= 11 is 0. The van der Waals surface area contributed by atoms with Crippen LogP contribution < -0.4 is 5.32 Å². The fourth-order valence-electron chi connectivity index (χ4n) is 2.18. The molecular weight excluding hydrogens is 214 g/mol. The summed E-state index contributed by atoms with van der Waals surface area (Å²) in [5.41, 5.74) is 1.18. The van der Waals surface area contributed by atoms with E-state index in [1.54, 1.807) is 12.4 Å². The molecule has 2 heterocycles. The van der Waals surface area contributed by atoms with E-state index in [-0.39, 0.29) is 5.91 Å². The number of nitrogens with zero attached hydrogens (tertiary/aromatic N) is 2. The number of amides is 1. The smallest absolute Gasteiger partial charge is 0.222 e. The Balaban J connectivity index is 1.78. The van der Waals surface area contributed by atoms with Crippen LogP contribution in [-0.2, 0) is 11.2 Å². The Labute approximate surface area is 102 Å². The summed E-state index contributed by atoms with van der Waals surface area (Å²) in [6.07, 6.45) is 6.01. The van der Waals surface area contributed by atoms with Crippen molar-refractivity contribution in [3.05, 3.63) is 30.1 Å². The zero-order valence-corrected chi connectivity index (χ0v) is 10.2. The standard InChI is InChI=1S/C13H19N3O/c1-14-12-6-9-16(10-12)13(17)3-2-11-4-7-15-8-5-11/h4-5,7-8,12,14H,2-3,6,9-10H2,1H3. The largest absolute Gasteiger partial charge is 0.341 e. The van der Waals surface area contributed by atoms with Gasteiger partial charge in [-0.05, 0) is 37.6 Å². The molecule has 17 heavy (non-hydrogen) atoms. The normalized spacial score (nSPS) is 19.6. The molecule has 1 unspecified atom stereocenters. The van der Waals surface area contributed by atoms with Crippen molar-refractivity contribution in [2.75, 3.05) is 20.1 Å². The second kappa shape index (κ2) is 5.77. The molecule has 1 amide bonds. The van der Waals surface area contributed by atoms with E-state index >= 15 is 0 Å². The molecule has 1 fully saturated rings. The highest BCUT2D eigenvalue weighted by Crippen LogP contribution is 2.11. The van der Waals surface area contributed by atoms with Crippen LogP contribution in [0.4, 0.5) is 0 Å². The molecule has 0 aliphatic carbocycles. The molecule has 1 saturated heterocycles. The van der Waals surface area contributed by atoms with Gasteiger partial charge in [0, 0.05) is 37.9 Å². The van der Waals surface area contributed by atoms with Crippen LogP contribution in [0.1, 0.15) is 18.4 Å². The van der Waals surface area contributed by atoms with Crippen molar-refractivity contribution in [2.45, 2.75) is 25.3 Å². The van der Waals surface area contributed by atoms with Gasteiger partial charge >= 0.3 is 0 Å². The number of aromatic nitrogens is 1. The third kappa shape index (κ3) is 3.27. The average Bonchev–Trinajstić information content (AvgIpc) is 2.86. The first-order valence-electron chi connectivity index (χ1n) is 6.13. The lowest BCUT2D eigenvalue weighted by Gasteiger charge is -2.16. The van der Waals surface area contributed by atoms with Crippen LogP contribution in [0.15, 0.2) is 24.5 Å². The highest BCUT2D eigenvalue weighted by molar-refractivity contribution is 5.76. The Hall–Kier alpha value is -1.42. The summed E-state index contributed by atoms with van der Waals surface area (Å²) in [6.45, 7) is 1.74. The van der Waals surface area contributed by atoms with Crippen LogP contribution in [0.3, 0.4) is 0 Å². The first kappa shape index (κ1) is 12.0. The molecule has 1 aromatic heterocycles. The third-order valence-electron chi connectivity index (χ3n) is 3.33. The first-order valence-corrected chi connectivity index (χ1v) is 6.13. The summed E-state index contributed by atoms with van der Waals surface area (Å²) in [5.74, 6) is 0.263. The van der Waals surface area contributed by atoms with Gasteiger partial charge in [-0.15, -0.1) is 0 Å². The van der Waals surface area contributed by atoms with Gasteiger partial charge in [0.05, 0.1) is 0 Å². The van der Waals surface area contributed by atoms with Crippen molar-refractivity contribution in [3.8, 4) is 0 Å². The number of carbonyl (C=O) groups is 1. The molecule has 4 nitrogen and oxygen atoms in total. The van der Waals surface area contributed by atoms with Crippen LogP contribution in [0, 0.1) is 0 Å². The van der Waals surface area contributed by atoms with E-state index in [4.69, 9.17) is 0 Å². The molecule has 0 radical (unpaired) electrons. The van der Waals surface area contributed by atoms with Crippen LogP contribution in [0.2, 0.25) is 0 Å². The number of likely N-dealkylation sites (N-methyl/N-ethyl adjacent to an activating group) is 1. The van der Waals surface area contributed by atoms with E-state index < -0.39 is 0 Å². The Morgan fingerprint density at radius 3 is 2.94 bits per heavy atom. The number of aryl methyl sites for hydroxylation is 1. The number of pyridine rings is 1. The number of carbonyl (C=O) groups excluding carboxylic acids is 1. The molecule has 2 rings (SSSR count). The maximum absolute atomic E-state index is 12.0. The molecular formula is C13H19N3O. The van der Waals surface area contributed by atoms with Gasteiger partial charge < -0.3 is 10.2 Å². The zero-order valence-electron chi connectivity index (χ0n) is 10.2. The molecule has 1 aliphatic rings. The topological polar surface area (TPSA) is 45.2 Å². The summed E-state index contributed by atoms with van der Waals surface area (Å²) in [4.78, 5) is 17.9. The van der Waals surface area contributed by atoms with E-state index in [1.807, 2.05) is 24.1 Å². The Morgan fingerprint density at radius 2 is 2.29 bits per heavy atom. The number of nitrogens with one attached hydrogen (secondary N) is 1. The highest BCUT2D eigenvalue weighted by atomic mass is 16.2. The van der Waals surface area contributed by atoms with Gasteiger partial charge in [-0.3, -0.25) is 9.78 Å². The summed E-state index contributed by atoms with van der Waals surface area (Å²) < 4.78 is 0. The van der Waals surface area contributed by atoms with Crippen LogP contribution >= 0.6 is 0 Å². The van der Waals surface area contributed by atoms with Gasteiger partial charge in [0.2, 0.25) is 5.91 Å². The minimum absolute atomic E-state index is 0.263. The lowest BCUT2D eigenvalue weighted by molar-refractivity contribution is -0.130. The average molecular weight is 233 g/mol. The van der Waals surface area contributed by atoms with E-state index in [1.165, 1.54) is 5.56 Å². The third-order valence-corrected chi connectivity index (χ3v) is 3.33. The number of hydrogen-bond donors (Lipinski definition) is 1. The SMILES string of the molecule is CNC1CCN(C(=O)CCc2ccncc2)C1. The van der Waals surface area contributed by atoms with Crippen molar-refractivity contribution in [1.29, 1.82) is 0 Å². The fourth-order valence-corrected chi connectivity index (χ4v) is 2.18. The van der Waals surface area contributed by atoms with Crippen LogP contribution in [0.25, 0.3) is 0 Å². The number of likely N-dealkylation sites (tertiary alicyclic amines) is 1. The lowest BCUT2D eigenvalue weighted by Crippen LogP contribution is -2.33. The second-order valence-corrected chi connectivity index (χ2v) is 4.47. The van der Waals surface area contributed by atoms with Gasteiger partial charge in [0.15, 0.2) is 0 Å². The van der Waals surface area contributed by atoms with Gasteiger partial charge in [-0.25, -0.2) is 0 Å². The van der Waals surface area contributed by atoms with Gasteiger partial charge in [0.25, 0.3) is 0 Å². The molecule has 92 valence electrons. The molecule has 1 N–H and O–H groups in total. The molecule has 1 atom stereocenters. The van der Waals surface area contributed by atoms with E-state index in [0.29, 0.717) is 12.5 Å². The van der Waals surface area contributed by atoms with Crippen LogP contribution in [0.5, 0.6) is 0 Å². The first-order chi connectivity index (χ1) is 8.29. The fraction of sp³-hybridized carbons (Fsp3) is 0.538. The number of rotatable bonds is 4. The minimum Gasteiger partial charge on any atom is -0.341 e. The Morgan fingerprint density at radius 1 is 1.53 bits per heavy atom. The zero-order chi connectivity index (χ0) is 12.1. The molecule has 0 spiro atoms. The molecule has 4 heteroatoms. The van der Waals surface area contributed by atoms with Crippen LogP contribution in [-0.4, -0.2) is 42.0 Å². The predicted octanol–water partition coefficient (Wildman–Crippen LogP) is 0.834. The molecule has 0 bridgehead atoms. The number of hydrogen-bond acceptors (Lipinski definition) is 3. The van der Waals surface area contributed by atoms with Crippen molar-refractivity contribution < 1.29 is 4.79 Å². The molecule has 0 saturated carbocycles. The van der Waals surface area contributed by atoms with E-state index in [9.17, 15) is 4.79 Å². The second-order valence-electron chi connectivity index (χ2n) is 4.47. The Kier molecular flexibility index (Phi) is 4.09. The van der Waals surface area contributed by atoms with E-state index in [2.05, 4.69) is 10.3 Å². The maximum atomic E-state index is 12.0. The summed E-state index contributed by atoms with van der Waals surface area (Å²) in [5, 5.41) is 3.22. The predicted molar refractivity (Wildman–Crippen MR) is 66.6 cm³/mol. The molecule has 1 aliphatic heterocycles. The maximum Gasteiger partial charge on any atom is 0.222 e. The highest BCUT2D eigenvalue weighted by Gasteiger charge is 2.24. The Bertz CT molecular complexity index is 366. The molecule has 1 aromatic rings. The van der Waals surface area contributed by atoms with E-state index in [0.717, 1.165) is 25.9 Å². The van der Waals surface area contributed by atoms with Gasteiger partial charge in [0.1, 0.15) is 0 Å². The van der Waals surface area contributed by atoms with Crippen molar-refractivity contribution in [3.63, 3.8) is 0 Å². The van der Waals surface area contributed by atoms with Gasteiger partial charge in [-0.2, -0.15) is 0 Å². The van der Waals surface area contributed by atoms with Crippen molar-refractivity contribution >= 4 is 5.91 Å². The minimum atomic E-state index is 0.263. The molecule has 0 aromatic carbocycles. The monoisotopic (exact) mass is 233 g/mol. The van der Waals surface area contributed by atoms with Crippen molar-refractivity contribution in [1.82, 2.24) is 15.2 Å². The van der Waals surface area contributed by atoms with Crippen molar-refractivity contribution in [2.24, 2.45) is 0 Å². The summed E-state index contributed by atoms with van der Waals surface area (Å²) in [6, 6.07) is 4.40. The quantitative estimate of drug-likeness (QED) is 0.838.